The molecule has 1 aromatic heterocycles. The number of hydrogen-bond acceptors (Lipinski definition) is 9. The Kier molecular flexibility index (Phi) is 5.06. The molecular weight excluding hydrogens is 344 g/mol. The molecule has 24 heavy (non-hydrogen) atoms. The van der Waals surface area contributed by atoms with Gasteiger partial charge < -0.3 is 40.1 Å². The largest absolute Gasteiger partial charge is 0.394 e. The van der Waals surface area contributed by atoms with Crippen molar-refractivity contribution in [3.8, 4) is 0 Å². The van der Waals surface area contributed by atoms with Crippen molar-refractivity contribution in [2.45, 2.75) is 49.1 Å². The molecule has 11 heteroatoms. The van der Waals surface area contributed by atoms with Crippen molar-refractivity contribution in [1.82, 2.24) is 9.13 Å². The van der Waals surface area contributed by atoms with Crippen LogP contribution >= 0.6 is 12.2 Å². The van der Waals surface area contributed by atoms with E-state index in [1.54, 1.807) is 0 Å². The quantitative estimate of drug-likeness (QED) is 0.312. The SMILES string of the molecule is OCC1OC(n2ccn(C3OC(CO)C(O)C3O)c2=S)C(O)C1O. The van der Waals surface area contributed by atoms with Gasteiger partial charge in [-0.15, -0.1) is 0 Å². The zero-order valence-corrected chi connectivity index (χ0v) is 13.3. The summed E-state index contributed by atoms with van der Waals surface area (Å²) in [5, 5.41) is 58.1. The molecule has 0 spiro atoms. The van der Waals surface area contributed by atoms with Crippen LogP contribution in [0.3, 0.4) is 0 Å². The molecule has 2 fully saturated rings. The highest BCUT2D eigenvalue weighted by Crippen LogP contribution is 2.33. The van der Waals surface area contributed by atoms with E-state index in [1.807, 2.05) is 0 Å². The lowest BCUT2D eigenvalue weighted by molar-refractivity contribution is -0.0614. The van der Waals surface area contributed by atoms with E-state index in [1.165, 1.54) is 21.5 Å². The average molecular weight is 364 g/mol. The molecule has 2 aliphatic heterocycles. The summed E-state index contributed by atoms with van der Waals surface area (Å²) < 4.78 is 13.6. The van der Waals surface area contributed by atoms with Gasteiger partial charge in [0.05, 0.1) is 13.2 Å². The molecule has 0 aliphatic carbocycles. The number of aliphatic hydroxyl groups is 6. The van der Waals surface area contributed by atoms with E-state index < -0.39 is 62.3 Å². The van der Waals surface area contributed by atoms with Gasteiger partial charge in [0.15, 0.2) is 17.2 Å². The maximum Gasteiger partial charge on any atom is 0.184 e. The molecule has 2 aliphatic rings. The fourth-order valence-electron chi connectivity index (χ4n) is 3.01. The molecule has 2 saturated heterocycles. The van der Waals surface area contributed by atoms with Gasteiger partial charge in [-0.3, -0.25) is 9.13 Å². The molecule has 0 amide bonds. The summed E-state index contributed by atoms with van der Waals surface area (Å²) in [6.07, 6.45) is -6.09. The van der Waals surface area contributed by atoms with Crippen LogP contribution in [0.4, 0.5) is 0 Å². The molecule has 0 bridgehead atoms. The van der Waals surface area contributed by atoms with Gasteiger partial charge in [-0.1, -0.05) is 0 Å². The fourth-order valence-corrected chi connectivity index (χ4v) is 3.34. The van der Waals surface area contributed by atoms with Crippen LogP contribution in [-0.4, -0.2) is 89.6 Å². The van der Waals surface area contributed by atoms with Crippen LogP contribution in [0.2, 0.25) is 0 Å². The number of ether oxygens (including phenoxy) is 2. The number of hydrogen-bond donors (Lipinski definition) is 6. The normalized spacial score (nSPS) is 42.8. The van der Waals surface area contributed by atoms with Crippen molar-refractivity contribution in [2.75, 3.05) is 13.2 Å². The lowest BCUT2D eigenvalue weighted by Crippen LogP contribution is -2.33. The van der Waals surface area contributed by atoms with Crippen molar-refractivity contribution in [3.05, 3.63) is 17.2 Å². The van der Waals surface area contributed by atoms with Crippen LogP contribution in [0, 0.1) is 4.77 Å². The van der Waals surface area contributed by atoms with E-state index in [0.29, 0.717) is 0 Å². The summed E-state index contributed by atoms with van der Waals surface area (Å²) in [7, 11) is 0. The minimum Gasteiger partial charge on any atom is -0.394 e. The number of nitrogens with zero attached hydrogens (tertiary/aromatic N) is 2. The highest BCUT2D eigenvalue weighted by atomic mass is 32.1. The van der Waals surface area contributed by atoms with Crippen molar-refractivity contribution in [1.29, 1.82) is 0 Å². The van der Waals surface area contributed by atoms with E-state index in [-0.39, 0.29) is 4.77 Å². The van der Waals surface area contributed by atoms with Gasteiger partial charge in [0, 0.05) is 12.4 Å². The van der Waals surface area contributed by atoms with Crippen molar-refractivity contribution < 1.29 is 40.1 Å². The molecule has 0 radical (unpaired) electrons. The lowest BCUT2D eigenvalue weighted by Gasteiger charge is -2.19. The fraction of sp³-hybridized carbons (Fsp3) is 0.769. The average Bonchev–Trinajstić information content (AvgIpc) is 3.17. The van der Waals surface area contributed by atoms with Crippen LogP contribution in [0.15, 0.2) is 12.4 Å². The molecule has 0 saturated carbocycles. The zero-order chi connectivity index (χ0) is 17.6. The second-order valence-corrected chi connectivity index (χ2v) is 6.22. The molecule has 8 atom stereocenters. The van der Waals surface area contributed by atoms with Gasteiger partial charge in [0.25, 0.3) is 0 Å². The molecule has 0 aromatic carbocycles. The Morgan fingerprint density at radius 1 is 0.792 bits per heavy atom. The Morgan fingerprint density at radius 3 is 1.46 bits per heavy atom. The van der Waals surface area contributed by atoms with Crippen LogP contribution in [0.5, 0.6) is 0 Å². The van der Waals surface area contributed by atoms with E-state index >= 15 is 0 Å². The topological polar surface area (TPSA) is 150 Å². The van der Waals surface area contributed by atoms with Gasteiger partial charge in [-0.2, -0.15) is 0 Å². The maximum atomic E-state index is 10.1. The number of aliphatic hydroxyl groups excluding tert-OH is 6. The van der Waals surface area contributed by atoms with Crippen LogP contribution in [0.25, 0.3) is 0 Å². The number of imidazole rings is 1. The van der Waals surface area contributed by atoms with Crippen LogP contribution < -0.4 is 0 Å². The monoisotopic (exact) mass is 364 g/mol. The Morgan fingerprint density at radius 2 is 1.17 bits per heavy atom. The van der Waals surface area contributed by atoms with Gasteiger partial charge in [-0.25, -0.2) is 0 Å². The Hall–Kier alpha value is -0.890. The van der Waals surface area contributed by atoms with E-state index in [2.05, 4.69) is 0 Å². The van der Waals surface area contributed by atoms with Crippen molar-refractivity contribution in [2.24, 2.45) is 0 Å². The molecule has 8 unspecified atom stereocenters. The molecule has 10 nitrogen and oxygen atoms in total. The minimum absolute atomic E-state index is 0.111. The van der Waals surface area contributed by atoms with E-state index in [4.69, 9.17) is 31.9 Å². The third kappa shape index (κ3) is 2.71. The van der Waals surface area contributed by atoms with E-state index in [9.17, 15) is 20.4 Å². The van der Waals surface area contributed by atoms with Crippen molar-refractivity contribution in [3.63, 3.8) is 0 Å². The lowest BCUT2D eigenvalue weighted by atomic mass is 10.1. The summed E-state index contributed by atoms with van der Waals surface area (Å²) in [5.41, 5.74) is 0. The van der Waals surface area contributed by atoms with Gasteiger partial charge >= 0.3 is 0 Å². The summed E-state index contributed by atoms with van der Waals surface area (Å²) >= 11 is 5.29. The first-order valence-electron chi connectivity index (χ1n) is 7.44. The third-order valence-electron chi connectivity index (χ3n) is 4.41. The van der Waals surface area contributed by atoms with Gasteiger partial charge in [0.1, 0.15) is 36.6 Å². The van der Waals surface area contributed by atoms with Gasteiger partial charge in [-0.05, 0) is 12.2 Å². The molecule has 3 heterocycles. The predicted octanol–water partition coefficient (Wildman–Crippen LogP) is -2.76. The first-order chi connectivity index (χ1) is 11.4. The van der Waals surface area contributed by atoms with Crippen LogP contribution in [0.1, 0.15) is 12.5 Å². The number of aromatic nitrogens is 2. The molecule has 6 N–H and O–H groups in total. The first kappa shape index (κ1) is 17.9. The minimum atomic E-state index is -1.30. The summed E-state index contributed by atoms with van der Waals surface area (Å²) in [6.45, 7) is -0.921. The van der Waals surface area contributed by atoms with Crippen molar-refractivity contribution >= 4 is 12.2 Å². The third-order valence-corrected chi connectivity index (χ3v) is 4.83. The molecular formula is C13H20N2O8S. The Balaban J connectivity index is 1.86. The summed E-state index contributed by atoms with van der Waals surface area (Å²) in [5.74, 6) is 0. The maximum absolute atomic E-state index is 10.1. The predicted molar refractivity (Wildman–Crippen MR) is 79.3 cm³/mol. The Labute approximate surface area is 141 Å². The second kappa shape index (κ2) is 6.78. The molecule has 3 rings (SSSR count). The smallest absolute Gasteiger partial charge is 0.184 e. The first-order valence-corrected chi connectivity index (χ1v) is 7.85. The second-order valence-electron chi connectivity index (χ2n) is 5.85. The standard InChI is InChI=1S/C13H20N2O8S/c16-3-5-7(18)9(20)11(22-5)14-1-2-15(13(14)24)12-10(21)8(19)6(4-17)23-12/h1-2,5-12,16-21H,3-4H2. The van der Waals surface area contributed by atoms with Gasteiger partial charge in [0.2, 0.25) is 0 Å². The number of rotatable bonds is 4. The zero-order valence-electron chi connectivity index (χ0n) is 12.5. The highest BCUT2D eigenvalue weighted by Gasteiger charge is 2.46. The van der Waals surface area contributed by atoms with E-state index in [0.717, 1.165) is 0 Å². The van der Waals surface area contributed by atoms with Crippen LogP contribution in [-0.2, 0) is 9.47 Å². The molecule has 136 valence electrons. The Bertz CT molecular complexity index is 585. The summed E-state index contributed by atoms with van der Waals surface area (Å²) in [6, 6.07) is 0. The molecule has 1 aromatic rings. The highest BCUT2D eigenvalue weighted by molar-refractivity contribution is 7.71. The summed E-state index contributed by atoms with van der Waals surface area (Å²) in [4.78, 5) is 0.